The molecule has 7 unspecified atom stereocenters. The topological polar surface area (TPSA) is 232 Å². The number of nitrogens with one attached hydrogen (secondary N) is 6. The van der Waals surface area contributed by atoms with E-state index in [-0.39, 0.29) is 50.1 Å². The third kappa shape index (κ3) is 8.27. The predicted molar refractivity (Wildman–Crippen MR) is 233 cm³/mol. The van der Waals surface area contributed by atoms with E-state index in [1.807, 2.05) is 54.7 Å². The van der Waals surface area contributed by atoms with E-state index in [4.69, 9.17) is 5.73 Å². The van der Waals surface area contributed by atoms with Crippen molar-refractivity contribution in [3.63, 3.8) is 0 Å². The van der Waals surface area contributed by atoms with Crippen molar-refractivity contribution in [3.8, 4) is 0 Å². The van der Waals surface area contributed by atoms with Crippen LogP contribution in [0.4, 0.5) is 0 Å². The number of para-hydroxylation sites is 2. The van der Waals surface area contributed by atoms with Crippen LogP contribution in [0.3, 0.4) is 0 Å². The first kappa shape index (κ1) is 42.1. The average Bonchev–Trinajstić information content (AvgIpc) is 4.14. The average molecular weight is 860 g/mol. The molecule has 0 radical (unpaired) electrons. The zero-order valence-corrected chi connectivity index (χ0v) is 35.5. The van der Waals surface area contributed by atoms with E-state index < -0.39 is 71.2 Å². The molecule has 16 heteroatoms. The van der Waals surface area contributed by atoms with Gasteiger partial charge in [0.2, 0.25) is 41.4 Å². The van der Waals surface area contributed by atoms with Crippen LogP contribution < -0.4 is 27.0 Å². The number of hydrogen-bond donors (Lipinski definition) is 7. The highest BCUT2D eigenvalue weighted by atomic mass is 16.2. The van der Waals surface area contributed by atoms with E-state index in [0.29, 0.717) is 51.4 Å². The van der Waals surface area contributed by atoms with E-state index in [1.165, 1.54) is 4.90 Å². The van der Waals surface area contributed by atoms with E-state index >= 15 is 4.79 Å². The molecule has 1 spiro atoms. The minimum Gasteiger partial charge on any atom is -0.370 e. The Bertz CT molecular complexity index is 2440. The number of aromatic amines is 2. The summed E-state index contributed by atoms with van der Waals surface area (Å²) in [5, 5.41) is 13.8. The van der Waals surface area contributed by atoms with Crippen LogP contribution in [0.5, 0.6) is 0 Å². The number of nitrogens with zero attached hydrogens (tertiary/aromatic N) is 2. The van der Waals surface area contributed by atoms with Crippen molar-refractivity contribution in [1.29, 1.82) is 0 Å². The van der Waals surface area contributed by atoms with Crippen LogP contribution in [-0.4, -0.2) is 109 Å². The van der Waals surface area contributed by atoms with Crippen molar-refractivity contribution >= 4 is 63.2 Å². The SMILES string of the molecule is NC(=O)CCC1NC(=O)C(Cc2c[nH]c3ccccc23)NC(=O)C2(CCCC2)NC(=O)C(Cc2c[nH]c3ccccc23)NC(=O)C2CC3CCCCC3N2C(=O)C2CCCN2C1=O. The lowest BCUT2D eigenvalue weighted by molar-refractivity contribution is -0.150. The number of carbonyl (C=O) groups is 7. The highest BCUT2D eigenvalue weighted by molar-refractivity contribution is 6.01. The predicted octanol–water partition coefficient (Wildman–Crippen LogP) is 2.75. The number of fused-ring (bicyclic) bond motifs is 6. The van der Waals surface area contributed by atoms with E-state index in [1.54, 1.807) is 11.1 Å². The van der Waals surface area contributed by atoms with Gasteiger partial charge in [-0.15, -0.1) is 0 Å². The molecule has 4 aromatic rings. The van der Waals surface area contributed by atoms with Gasteiger partial charge >= 0.3 is 0 Å². The molecule has 9 rings (SSSR count). The number of carbonyl (C=O) groups excluding carboxylic acids is 7. The quantitative estimate of drug-likeness (QED) is 0.147. The molecule has 5 aliphatic rings. The lowest BCUT2D eigenvalue weighted by atomic mass is 9.84. The fraction of sp³-hybridized carbons (Fsp3) is 0.511. The molecule has 2 aliphatic carbocycles. The standard InChI is InChI=1S/C47H57N9O7/c48-40(57)18-17-34-44(61)55-21-9-16-38(55)45(62)56-37-15-6-1-10-27(37)24-39(56)43(60)52-36(23-29-26-50-33-14-5-3-12-31(29)33)42(59)54-47(19-7-8-20-47)46(63)53-35(41(58)51-34)22-28-25-49-32-13-4-2-11-30(28)32/h2-5,11-14,25-27,34-39,49-50H,1,6-10,15-24H2,(H2,48,57)(H,51,58)(H,52,60)(H,53,63)(H,54,59). The summed E-state index contributed by atoms with van der Waals surface area (Å²) in [6.45, 7) is 0.238. The Hall–Kier alpha value is -6.19. The van der Waals surface area contributed by atoms with E-state index in [9.17, 15) is 28.8 Å². The first-order chi connectivity index (χ1) is 30.5. The zero-order valence-electron chi connectivity index (χ0n) is 35.5. The Balaban J connectivity index is 1.12. The Kier molecular flexibility index (Phi) is 11.7. The maximum atomic E-state index is 15.0. The molecule has 16 nitrogen and oxygen atoms in total. The van der Waals surface area contributed by atoms with Gasteiger partial charge < -0.3 is 46.8 Å². The molecule has 8 N–H and O–H groups in total. The van der Waals surface area contributed by atoms with E-state index in [0.717, 1.165) is 52.2 Å². The Morgan fingerprint density at radius 3 is 1.95 bits per heavy atom. The molecule has 5 heterocycles. The Morgan fingerprint density at radius 1 is 0.667 bits per heavy atom. The fourth-order valence-electron chi connectivity index (χ4n) is 11.2. The number of nitrogens with two attached hydrogens (primary N) is 1. The van der Waals surface area contributed by atoms with Crippen molar-refractivity contribution < 1.29 is 33.6 Å². The second-order valence-corrected chi connectivity index (χ2v) is 18.4. The number of aromatic nitrogens is 2. The highest BCUT2D eigenvalue weighted by Crippen LogP contribution is 2.41. The molecule has 5 fully saturated rings. The van der Waals surface area contributed by atoms with Crippen molar-refractivity contribution in [2.45, 2.75) is 138 Å². The van der Waals surface area contributed by atoms with Gasteiger partial charge in [-0.25, -0.2) is 0 Å². The molecule has 7 atom stereocenters. The normalized spacial score (nSPS) is 28.2. The minimum absolute atomic E-state index is 0.0331. The lowest BCUT2D eigenvalue weighted by Gasteiger charge is -2.38. The summed E-state index contributed by atoms with van der Waals surface area (Å²) >= 11 is 0. The molecule has 2 aromatic heterocycles. The molecule has 63 heavy (non-hydrogen) atoms. The van der Waals surface area contributed by atoms with Crippen LogP contribution in [0.2, 0.25) is 0 Å². The molecule has 2 saturated carbocycles. The fourth-order valence-corrected chi connectivity index (χ4v) is 11.2. The van der Waals surface area contributed by atoms with Gasteiger partial charge in [-0.05, 0) is 80.5 Å². The highest BCUT2D eigenvalue weighted by Gasteiger charge is 2.52. The largest absolute Gasteiger partial charge is 0.370 e. The first-order valence-corrected chi connectivity index (χ1v) is 22.7. The summed E-state index contributed by atoms with van der Waals surface area (Å²) in [7, 11) is 0. The third-order valence-corrected chi connectivity index (χ3v) is 14.5. The Labute approximate surface area is 365 Å². The van der Waals surface area contributed by atoms with Crippen LogP contribution in [0.25, 0.3) is 21.8 Å². The van der Waals surface area contributed by atoms with Gasteiger partial charge in [-0.1, -0.05) is 62.1 Å². The molecule has 2 aromatic carbocycles. The number of amides is 7. The zero-order chi connectivity index (χ0) is 43.8. The van der Waals surface area contributed by atoms with Crippen LogP contribution >= 0.6 is 0 Å². The van der Waals surface area contributed by atoms with Gasteiger partial charge in [0.15, 0.2) is 0 Å². The van der Waals surface area contributed by atoms with Gasteiger partial charge in [-0.2, -0.15) is 0 Å². The van der Waals surface area contributed by atoms with Crippen molar-refractivity contribution in [3.05, 3.63) is 72.1 Å². The summed E-state index contributed by atoms with van der Waals surface area (Å²) in [5.74, 6) is -3.66. The molecular formula is C47H57N9O7. The van der Waals surface area contributed by atoms with Gasteiger partial charge in [0.1, 0.15) is 35.7 Å². The van der Waals surface area contributed by atoms with Crippen LogP contribution in [-0.2, 0) is 46.4 Å². The summed E-state index contributed by atoms with van der Waals surface area (Å²) in [5.41, 5.74) is 7.41. The number of rotatable bonds is 7. The molecular weight excluding hydrogens is 803 g/mol. The number of H-pyrrole nitrogens is 2. The van der Waals surface area contributed by atoms with Crippen molar-refractivity contribution in [2.75, 3.05) is 6.54 Å². The van der Waals surface area contributed by atoms with Gasteiger partial charge in [0.25, 0.3) is 0 Å². The maximum Gasteiger partial charge on any atom is 0.246 e. The molecule has 3 saturated heterocycles. The van der Waals surface area contributed by atoms with Crippen molar-refractivity contribution in [1.82, 2.24) is 41.0 Å². The maximum absolute atomic E-state index is 15.0. The lowest BCUT2D eigenvalue weighted by Crippen LogP contribution is -2.65. The van der Waals surface area contributed by atoms with Crippen LogP contribution in [0.15, 0.2) is 60.9 Å². The minimum atomic E-state index is -1.42. The second kappa shape index (κ2) is 17.5. The molecule has 0 bridgehead atoms. The molecule has 3 aliphatic heterocycles. The van der Waals surface area contributed by atoms with Gasteiger partial charge in [-0.3, -0.25) is 33.6 Å². The van der Waals surface area contributed by atoms with Gasteiger partial charge in [0, 0.05) is 66.0 Å². The van der Waals surface area contributed by atoms with E-state index in [2.05, 4.69) is 31.2 Å². The summed E-state index contributed by atoms with van der Waals surface area (Å²) < 4.78 is 0. The smallest absolute Gasteiger partial charge is 0.246 e. The second-order valence-electron chi connectivity index (χ2n) is 18.4. The Morgan fingerprint density at radius 2 is 1.29 bits per heavy atom. The van der Waals surface area contributed by atoms with Crippen LogP contribution in [0.1, 0.15) is 94.6 Å². The van der Waals surface area contributed by atoms with Gasteiger partial charge in [0.05, 0.1) is 0 Å². The summed E-state index contributed by atoms with van der Waals surface area (Å²) in [6, 6.07) is 9.67. The number of benzene rings is 2. The third-order valence-electron chi connectivity index (χ3n) is 14.5. The molecule has 7 amide bonds. The number of hydrogen-bond acceptors (Lipinski definition) is 7. The summed E-state index contributed by atoms with van der Waals surface area (Å²) in [4.78, 5) is 111. The molecule has 332 valence electrons. The number of primary amides is 1. The first-order valence-electron chi connectivity index (χ1n) is 22.7. The monoisotopic (exact) mass is 859 g/mol. The van der Waals surface area contributed by atoms with Crippen molar-refractivity contribution in [2.24, 2.45) is 11.7 Å². The van der Waals surface area contributed by atoms with Crippen LogP contribution in [0, 0.1) is 5.92 Å². The summed E-state index contributed by atoms with van der Waals surface area (Å²) in [6.07, 6.45) is 10.00.